The second kappa shape index (κ2) is 7.89. The number of nitrogens with zero attached hydrogens (tertiary/aromatic N) is 1. The first-order chi connectivity index (χ1) is 13.2. The molecule has 0 N–H and O–H groups in total. The van der Waals surface area contributed by atoms with Crippen LogP contribution in [0.3, 0.4) is 0 Å². The van der Waals surface area contributed by atoms with Crippen molar-refractivity contribution in [1.82, 2.24) is 0 Å². The molecule has 0 unspecified atom stereocenters. The highest BCUT2D eigenvalue weighted by molar-refractivity contribution is 7.92. The molecule has 0 aliphatic heterocycles. The smallest absolute Gasteiger partial charge is 0.259 e. The van der Waals surface area contributed by atoms with Crippen LogP contribution in [0.1, 0.15) is 24.1 Å². The van der Waals surface area contributed by atoms with Gasteiger partial charge in [0.2, 0.25) is 0 Å². The van der Waals surface area contributed by atoms with Gasteiger partial charge in [-0.25, -0.2) is 17.2 Å². The number of halogens is 3. The van der Waals surface area contributed by atoms with Gasteiger partial charge in [0.25, 0.3) is 10.0 Å². The van der Waals surface area contributed by atoms with Crippen LogP contribution >= 0.6 is 11.6 Å². The molecule has 0 bridgehead atoms. The Morgan fingerprint density at radius 1 is 0.964 bits per heavy atom. The van der Waals surface area contributed by atoms with Crippen molar-refractivity contribution in [2.75, 3.05) is 4.31 Å². The van der Waals surface area contributed by atoms with E-state index in [0.717, 1.165) is 22.0 Å². The minimum atomic E-state index is -4.11. The maximum atomic E-state index is 14.4. The highest BCUT2D eigenvalue weighted by Gasteiger charge is 2.32. The van der Waals surface area contributed by atoms with Gasteiger partial charge < -0.3 is 0 Å². The third kappa shape index (κ3) is 3.88. The van der Waals surface area contributed by atoms with Crippen LogP contribution in [0.25, 0.3) is 0 Å². The second-order valence-corrected chi connectivity index (χ2v) is 8.61. The Kier molecular flexibility index (Phi) is 5.72. The molecular weight excluding hydrogens is 404 g/mol. The lowest BCUT2D eigenvalue weighted by Gasteiger charge is -2.31. The number of sulfonamides is 1. The van der Waals surface area contributed by atoms with Crippen LogP contribution in [-0.4, -0.2) is 8.42 Å². The fraction of sp³-hybridized carbons (Fsp3) is 0.143. The summed E-state index contributed by atoms with van der Waals surface area (Å²) in [6.45, 7) is 3.34. The summed E-state index contributed by atoms with van der Waals surface area (Å²) in [7, 11) is -4.11. The van der Waals surface area contributed by atoms with Crippen molar-refractivity contribution in [2.45, 2.75) is 24.8 Å². The predicted molar refractivity (Wildman–Crippen MR) is 107 cm³/mol. The number of hydrogen-bond acceptors (Lipinski definition) is 2. The van der Waals surface area contributed by atoms with Crippen LogP contribution in [0.4, 0.5) is 14.5 Å². The molecule has 146 valence electrons. The van der Waals surface area contributed by atoms with Gasteiger partial charge in [-0.05, 0) is 61.9 Å². The Hall–Kier alpha value is -2.44. The average Bonchev–Trinajstić information content (AvgIpc) is 2.65. The molecule has 7 heteroatoms. The molecule has 0 spiro atoms. The first-order valence-electron chi connectivity index (χ1n) is 8.52. The lowest BCUT2D eigenvalue weighted by atomic mass is 10.1. The third-order valence-electron chi connectivity index (χ3n) is 4.49. The van der Waals surface area contributed by atoms with E-state index >= 15 is 0 Å². The summed E-state index contributed by atoms with van der Waals surface area (Å²) in [6.07, 6.45) is 0. The van der Waals surface area contributed by atoms with E-state index in [-0.39, 0.29) is 16.1 Å². The summed E-state index contributed by atoms with van der Waals surface area (Å²) in [6, 6.07) is 14.5. The quantitative estimate of drug-likeness (QED) is 0.515. The zero-order valence-electron chi connectivity index (χ0n) is 15.2. The van der Waals surface area contributed by atoms with E-state index in [1.165, 1.54) is 42.5 Å². The van der Waals surface area contributed by atoms with Gasteiger partial charge in [-0.1, -0.05) is 35.9 Å². The summed E-state index contributed by atoms with van der Waals surface area (Å²) in [5.74, 6) is -1.03. The lowest BCUT2D eigenvalue weighted by molar-refractivity contribution is 0.569. The van der Waals surface area contributed by atoms with Gasteiger partial charge in [0.05, 0.1) is 16.6 Å². The van der Waals surface area contributed by atoms with Crippen LogP contribution in [0.15, 0.2) is 71.6 Å². The number of hydrogen-bond donors (Lipinski definition) is 0. The minimum Gasteiger partial charge on any atom is -0.259 e. The summed E-state index contributed by atoms with van der Waals surface area (Å²) in [5, 5.41) is 0.304. The van der Waals surface area contributed by atoms with E-state index in [1.54, 1.807) is 26.0 Å². The molecule has 0 heterocycles. The molecule has 3 nitrogen and oxygen atoms in total. The molecule has 0 fully saturated rings. The summed E-state index contributed by atoms with van der Waals surface area (Å²) in [4.78, 5) is -0.0318. The van der Waals surface area contributed by atoms with Gasteiger partial charge in [-0.3, -0.25) is 4.31 Å². The van der Waals surface area contributed by atoms with Crippen molar-refractivity contribution in [3.63, 3.8) is 0 Å². The molecule has 0 aromatic heterocycles. The maximum absolute atomic E-state index is 14.4. The van der Waals surface area contributed by atoms with E-state index in [1.807, 2.05) is 0 Å². The monoisotopic (exact) mass is 421 g/mol. The number of rotatable bonds is 5. The largest absolute Gasteiger partial charge is 0.264 e. The zero-order chi connectivity index (χ0) is 20.5. The fourth-order valence-corrected chi connectivity index (χ4v) is 4.85. The third-order valence-corrected chi connectivity index (χ3v) is 6.79. The molecule has 0 saturated heterocycles. The van der Waals surface area contributed by atoms with Crippen molar-refractivity contribution in [3.05, 3.63) is 94.5 Å². The lowest BCUT2D eigenvalue weighted by Crippen LogP contribution is -2.34. The van der Waals surface area contributed by atoms with Crippen LogP contribution in [0, 0.1) is 18.6 Å². The Bertz CT molecular complexity index is 1100. The fourth-order valence-electron chi connectivity index (χ4n) is 2.95. The standard InChI is InChI=1S/C21H18ClF2NO2S/c1-14-7-12-18(13-20(14)22)28(26,27)25(17-10-8-16(23)9-11-17)15(2)19-5-3-4-6-21(19)24/h3-13,15H,1-2H3/t15-/m0/s1. The molecule has 3 rings (SSSR count). The minimum absolute atomic E-state index is 0.0318. The van der Waals surface area contributed by atoms with Gasteiger partial charge in [-0.2, -0.15) is 0 Å². The Balaban J connectivity index is 2.19. The summed E-state index contributed by atoms with van der Waals surface area (Å²) < 4.78 is 55.8. The normalized spacial score (nSPS) is 12.6. The first-order valence-corrected chi connectivity index (χ1v) is 10.3. The van der Waals surface area contributed by atoms with Crippen LogP contribution in [0.5, 0.6) is 0 Å². The van der Waals surface area contributed by atoms with Crippen molar-refractivity contribution in [2.24, 2.45) is 0 Å². The van der Waals surface area contributed by atoms with Crippen LogP contribution < -0.4 is 4.31 Å². The molecule has 0 amide bonds. The molecule has 0 saturated carbocycles. The SMILES string of the molecule is Cc1ccc(S(=O)(=O)N(c2ccc(F)cc2)[C@@H](C)c2ccccc2F)cc1Cl. The van der Waals surface area contributed by atoms with Crippen molar-refractivity contribution >= 4 is 27.3 Å². The van der Waals surface area contributed by atoms with E-state index in [2.05, 4.69) is 0 Å². The maximum Gasteiger partial charge on any atom is 0.264 e. The number of aryl methyl sites for hydroxylation is 1. The van der Waals surface area contributed by atoms with E-state index < -0.39 is 27.7 Å². The molecule has 0 radical (unpaired) electrons. The molecule has 3 aromatic rings. The number of benzene rings is 3. The second-order valence-electron chi connectivity index (χ2n) is 6.39. The number of anilines is 1. The van der Waals surface area contributed by atoms with Gasteiger partial charge in [0.15, 0.2) is 0 Å². The van der Waals surface area contributed by atoms with Crippen LogP contribution in [0.2, 0.25) is 5.02 Å². The van der Waals surface area contributed by atoms with Gasteiger partial charge in [0, 0.05) is 10.6 Å². The van der Waals surface area contributed by atoms with E-state index in [0.29, 0.717) is 5.02 Å². The average molecular weight is 422 g/mol. The molecule has 0 aliphatic rings. The molecule has 1 atom stereocenters. The Morgan fingerprint density at radius 2 is 1.61 bits per heavy atom. The topological polar surface area (TPSA) is 37.4 Å². The first kappa shape index (κ1) is 20.3. The highest BCUT2D eigenvalue weighted by atomic mass is 35.5. The predicted octanol–water partition coefficient (Wildman–Crippen LogP) is 5.88. The summed E-state index contributed by atoms with van der Waals surface area (Å²) in [5.41, 5.74) is 1.15. The van der Waals surface area contributed by atoms with Gasteiger partial charge >= 0.3 is 0 Å². The molecule has 0 aliphatic carbocycles. The van der Waals surface area contributed by atoms with E-state index in [9.17, 15) is 17.2 Å². The highest BCUT2D eigenvalue weighted by Crippen LogP contribution is 2.35. The van der Waals surface area contributed by atoms with Crippen LogP contribution in [-0.2, 0) is 10.0 Å². The molecule has 28 heavy (non-hydrogen) atoms. The Morgan fingerprint density at radius 3 is 2.21 bits per heavy atom. The van der Waals surface area contributed by atoms with Crippen molar-refractivity contribution in [3.8, 4) is 0 Å². The van der Waals surface area contributed by atoms with Crippen molar-refractivity contribution in [1.29, 1.82) is 0 Å². The van der Waals surface area contributed by atoms with Gasteiger partial charge in [-0.15, -0.1) is 0 Å². The summed E-state index contributed by atoms with van der Waals surface area (Å²) >= 11 is 6.12. The zero-order valence-corrected chi connectivity index (χ0v) is 16.8. The van der Waals surface area contributed by atoms with E-state index in [4.69, 9.17) is 11.6 Å². The van der Waals surface area contributed by atoms with Crippen molar-refractivity contribution < 1.29 is 17.2 Å². The molecule has 3 aromatic carbocycles. The Labute approximate surface area is 168 Å². The molecular formula is C21H18ClF2NO2S. The van der Waals surface area contributed by atoms with Gasteiger partial charge in [0.1, 0.15) is 11.6 Å².